The van der Waals surface area contributed by atoms with E-state index >= 15 is 0 Å². The molecule has 2 heterocycles. The average Bonchev–Trinajstić information content (AvgIpc) is 2.71. The summed E-state index contributed by atoms with van der Waals surface area (Å²) in [7, 11) is 2.06. The van der Waals surface area contributed by atoms with Gasteiger partial charge in [-0.15, -0.1) is 0 Å². The molecule has 5 heteroatoms. The van der Waals surface area contributed by atoms with Crippen LogP contribution in [-0.2, 0) is 20.1 Å². The van der Waals surface area contributed by atoms with Gasteiger partial charge in [0, 0.05) is 30.7 Å². The molecule has 0 saturated carbocycles. The SMILES string of the molecule is Cn1c(CN2CCOc3ccccc3C2)nc2cc(Cl)ccc21. The number of aromatic nitrogens is 2. The first-order valence-electron chi connectivity index (χ1n) is 7.74. The molecule has 0 bridgehead atoms. The molecule has 1 aliphatic rings. The Labute approximate surface area is 140 Å². The summed E-state index contributed by atoms with van der Waals surface area (Å²) in [4.78, 5) is 7.12. The van der Waals surface area contributed by atoms with Gasteiger partial charge >= 0.3 is 0 Å². The van der Waals surface area contributed by atoms with Gasteiger partial charge in [-0.05, 0) is 24.3 Å². The Hall–Kier alpha value is -2.04. The maximum atomic E-state index is 6.07. The van der Waals surface area contributed by atoms with Crippen molar-refractivity contribution in [1.82, 2.24) is 14.5 Å². The molecule has 0 unspecified atom stereocenters. The van der Waals surface area contributed by atoms with Gasteiger partial charge in [0.25, 0.3) is 0 Å². The van der Waals surface area contributed by atoms with Crippen molar-refractivity contribution in [2.24, 2.45) is 7.05 Å². The zero-order valence-corrected chi connectivity index (χ0v) is 13.8. The van der Waals surface area contributed by atoms with E-state index in [4.69, 9.17) is 21.3 Å². The van der Waals surface area contributed by atoms with Crippen molar-refractivity contribution in [2.45, 2.75) is 13.1 Å². The number of para-hydroxylation sites is 1. The van der Waals surface area contributed by atoms with E-state index in [0.29, 0.717) is 6.61 Å². The topological polar surface area (TPSA) is 30.3 Å². The van der Waals surface area contributed by atoms with Crippen LogP contribution in [0.5, 0.6) is 5.75 Å². The highest BCUT2D eigenvalue weighted by molar-refractivity contribution is 6.31. The zero-order chi connectivity index (χ0) is 15.8. The molecule has 0 spiro atoms. The lowest BCUT2D eigenvalue weighted by Crippen LogP contribution is -2.26. The van der Waals surface area contributed by atoms with Crippen LogP contribution in [-0.4, -0.2) is 27.6 Å². The molecular formula is C18H18ClN3O. The van der Waals surface area contributed by atoms with Gasteiger partial charge in [-0.1, -0.05) is 29.8 Å². The normalized spacial score (nSPS) is 15.2. The summed E-state index contributed by atoms with van der Waals surface area (Å²) in [6.45, 7) is 3.26. The van der Waals surface area contributed by atoms with Gasteiger partial charge < -0.3 is 9.30 Å². The zero-order valence-electron chi connectivity index (χ0n) is 13.0. The number of hydrogen-bond acceptors (Lipinski definition) is 3. The van der Waals surface area contributed by atoms with E-state index in [1.165, 1.54) is 5.56 Å². The fourth-order valence-electron chi connectivity index (χ4n) is 3.08. The van der Waals surface area contributed by atoms with Crippen LogP contribution in [0.2, 0.25) is 5.02 Å². The summed E-state index contributed by atoms with van der Waals surface area (Å²) in [5.41, 5.74) is 3.28. The van der Waals surface area contributed by atoms with Crippen molar-refractivity contribution in [3.8, 4) is 5.75 Å². The predicted octanol–water partition coefficient (Wildman–Crippen LogP) is 3.62. The number of halogens is 1. The fraction of sp³-hybridized carbons (Fsp3) is 0.278. The van der Waals surface area contributed by atoms with Gasteiger partial charge in [-0.3, -0.25) is 4.90 Å². The predicted molar refractivity (Wildman–Crippen MR) is 91.8 cm³/mol. The molecule has 3 aromatic rings. The standard InChI is InChI=1S/C18H18ClN3O/c1-21-16-7-6-14(19)10-15(16)20-18(21)12-22-8-9-23-17-5-3-2-4-13(17)11-22/h2-7,10H,8-9,11-12H2,1H3. The van der Waals surface area contributed by atoms with E-state index in [-0.39, 0.29) is 0 Å². The first kappa shape index (κ1) is 14.5. The number of imidazole rings is 1. The lowest BCUT2D eigenvalue weighted by atomic mass is 10.2. The highest BCUT2D eigenvalue weighted by Crippen LogP contribution is 2.24. The fourth-order valence-corrected chi connectivity index (χ4v) is 3.25. The van der Waals surface area contributed by atoms with E-state index in [1.54, 1.807) is 0 Å². The van der Waals surface area contributed by atoms with Crippen molar-refractivity contribution >= 4 is 22.6 Å². The van der Waals surface area contributed by atoms with E-state index < -0.39 is 0 Å². The van der Waals surface area contributed by atoms with Crippen molar-refractivity contribution < 1.29 is 4.74 Å². The average molecular weight is 328 g/mol. The third-order valence-corrected chi connectivity index (χ3v) is 4.57. The molecule has 0 fully saturated rings. The number of fused-ring (bicyclic) bond motifs is 2. The van der Waals surface area contributed by atoms with Gasteiger partial charge in [0.05, 0.1) is 17.6 Å². The van der Waals surface area contributed by atoms with Crippen LogP contribution in [0.25, 0.3) is 11.0 Å². The van der Waals surface area contributed by atoms with Crippen molar-refractivity contribution in [2.75, 3.05) is 13.2 Å². The smallest absolute Gasteiger partial charge is 0.123 e. The van der Waals surface area contributed by atoms with Crippen molar-refractivity contribution in [3.05, 3.63) is 58.9 Å². The molecule has 1 aliphatic heterocycles. The largest absolute Gasteiger partial charge is 0.492 e. The van der Waals surface area contributed by atoms with Crippen molar-refractivity contribution in [1.29, 1.82) is 0 Å². The maximum absolute atomic E-state index is 6.07. The second-order valence-corrected chi connectivity index (χ2v) is 6.32. The van der Waals surface area contributed by atoms with Crippen molar-refractivity contribution in [3.63, 3.8) is 0 Å². The van der Waals surface area contributed by atoms with E-state index in [9.17, 15) is 0 Å². The molecule has 2 aromatic carbocycles. The Kier molecular flexibility index (Phi) is 3.71. The second-order valence-electron chi connectivity index (χ2n) is 5.89. The summed E-state index contributed by atoms with van der Waals surface area (Å²) in [5, 5.41) is 0.722. The summed E-state index contributed by atoms with van der Waals surface area (Å²) in [6.07, 6.45) is 0. The Morgan fingerprint density at radius 1 is 1.22 bits per heavy atom. The number of ether oxygens (including phenoxy) is 1. The molecule has 0 N–H and O–H groups in total. The molecule has 0 saturated heterocycles. The third kappa shape index (κ3) is 2.80. The van der Waals surface area contributed by atoms with Gasteiger partial charge in [-0.25, -0.2) is 4.98 Å². The van der Waals surface area contributed by atoms with E-state index in [1.807, 2.05) is 30.3 Å². The van der Waals surface area contributed by atoms with Crippen LogP contribution >= 0.6 is 11.6 Å². The number of rotatable bonds is 2. The Morgan fingerprint density at radius 3 is 3.00 bits per heavy atom. The Balaban J connectivity index is 1.62. The lowest BCUT2D eigenvalue weighted by Gasteiger charge is -2.18. The first-order chi connectivity index (χ1) is 11.2. The van der Waals surface area contributed by atoms with Gasteiger partial charge in [-0.2, -0.15) is 0 Å². The number of hydrogen-bond donors (Lipinski definition) is 0. The molecule has 0 radical (unpaired) electrons. The summed E-state index contributed by atoms with van der Waals surface area (Å²) in [6, 6.07) is 14.1. The van der Waals surface area contributed by atoms with E-state index in [2.05, 4.69) is 28.6 Å². The van der Waals surface area contributed by atoms with Crippen LogP contribution in [0.1, 0.15) is 11.4 Å². The molecule has 1 aromatic heterocycles. The quantitative estimate of drug-likeness (QED) is 0.720. The highest BCUT2D eigenvalue weighted by atomic mass is 35.5. The summed E-state index contributed by atoms with van der Waals surface area (Å²) >= 11 is 6.07. The highest BCUT2D eigenvalue weighted by Gasteiger charge is 2.17. The molecule has 0 atom stereocenters. The maximum Gasteiger partial charge on any atom is 0.123 e. The molecule has 4 nitrogen and oxygen atoms in total. The summed E-state index contributed by atoms with van der Waals surface area (Å²) in [5.74, 6) is 2.04. The van der Waals surface area contributed by atoms with Crippen LogP contribution in [0.15, 0.2) is 42.5 Å². The van der Waals surface area contributed by atoms with E-state index in [0.717, 1.165) is 47.3 Å². The van der Waals surface area contributed by atoms with Crippen LogP contribution < -0.4 is 4.74 Å². The molecule has 0 aliphatic carbocycles. The molecule has 4 rings (SSSR count). The van der Waals surface area contributed by atoms with Gasteiger partial charge in [0.1, 0.15) is 18.2 Å². The second kappa shape index (κ2) is 5.87. The minimum Gasteiger partial charge on any atom is -0.492 e. The Morgan fingerprint density at radius 2 is 2.09 bits per heavy atom. The molecule has 0 amide bonds. The Bertz CT molecular complexity index is 859. The summed E-state index contributed by atoms with van der Waals surface area (Å²) < 4.78 is 7.98. The van der Waals surface area contributed by atoms with Gasteiger partial charge in [0.2, 0.25) is 0 Å². The molecule has 118 valence electrons. The molecule has 23 heavy (non-hydrogen) atoms. The van der Waals surface area contributed by atoms with Crippen LogP contribution in [0.3, 0.4) is 0 Å². The minimum atomic E-state index is 0.701. The van der Waals surface area contributed by atoms with Crippen LogP contribution in [0, 0.1) is 0 Å². The number of benzene rings is 2. The monoisotopic (exact) mass is 327 g/mol. The molecular weight excluding hydrogens is 310 g/mol. The number of aryl methyl sites for hydroxylation is 1. The van der Waals surface area contributed by atoms with Crippen LogP contribution in [0.4, 0.5) is 0 Å². The van der Waals surface area contributed by atoms with Gasteiger partial charge in [0.15, 0.2) is 0 Å². The lowest BCUT2D eigenvalue weighted by molar-refractivity contribution is 0.214. The number of nitrogens with zero attached hydrogens (tertiary/aromatic N) is 3. The first-order valence-corrected chi connectivity index (χ1v) is 8.12. The third-order valence-electron chi connectivity index (χ3n) is 4.33. The minimum absolute atomic E-state index is 0.701.